The molecular formula is C17H19N3. The second-order valence-electron chi connectivity index (χ2n) is 5.22. The van der Waals surface area contributed by atoms with Gasteiger partial charge in [-0.15, -0.1) is 0 Å². The van der Waals surface area contributed by atoms with E-state index in [1.807, 2.05) is 6.20 Å². The standard InChI is InChI=1S/C17H19N3/c1-12(8-9-18)17-19-11-16(20-17)15-7-6-13-4-2-3-5-14(13)10-15/h2-7,10-12H,8-9,18H2,1H3,(H,19,20). The summed E-state index contributed by atoms with van der Waals surface area (Å²) < 4.78 is 0. The number of nitrogens with one attached hydrogen (secondary N) is 1. The summed E-state index contributed by atoms with van der Waals surface area (Å²) in [7, 11) is 0. The van der Waals surface area contributed by atoms with Crippen molar-refractivity contribution >= 4 is 10.8 Å². The van der Waals surface area contributed by atoms with Crippen LogP contribution in [0.2, 0.25) is 0 Å². The number of nitrogens with zero attached hydrogens (tertiary/aromatic N) is 1. The van der Waals surface area contributed by atoms with Crippen LogP contribution in [0.4, 0.5) is 0 Å². The van der Waals surface area contributed by atoms with Crippen LogP contribution in [0.1, 0.15) is 25.1 Å². The van der Waals surface area contributed by atoms with Crippen LogP contribution in [0, 0.1) is 0 Å². The highest BCUT2D eigenvalue weighted by Crippen LogP contribution is 2.25. The van der Waals surface area contributed by atoms with E-state index in [0.717, 1.165) is 17.9 Å². The average Bonchev–Trinajstić information content (AvgIpc) is 2.97. The first-order valence-corrected chi connectivity index (χ1v) is 7.02. The molecular weight excluding hydrogens is 246 g/mol. The van der Waals surface area contributed by atoms with Crippen molar-refractivity contribution in [1.29, 1.82) is 0 Å². The predicted molar refractivity (Wildman–Crippen MR) is 83.6 cm³/mol. The summed E-state index contributed by atoms with van der Waals surface area (Å²) in [6.07, 6.45) is 2.86. The topological polar surface area (TPSA) is 54.7 Å². The van der Waals surface area contributed by atoms with E-state index in [2.05, 4.69) is 59.4 Å². The third-order valence-corrected chi connectivity index (χ3v) is 3.72. The van der Waals surface area contributed by atoms with Gasteiger partial charge in [0.15, 0.2) is 0 Å². The molecule has 0 aliphatic carbocycles. The van der Waals surface area contributed by atoms with Crippen LogP contribution in [0.5, 0.6) is 0 Å². The molecule has 3 nitrogen and oxygen atoms in total. The van der Waals surface area contributed by atoms with Crippen molar-refractivity contribution in [2.24, 2.45) is 5.73 Å². The van der Waals surface area contributed by atoms with E-state index in [-0.39, 0.29) is 0 Å². The molecule has 0 aliphatic rings. The largest absolute Gasteiger partial charge is 0.342 e. The minimum Gasteiger partial charge on any atom is -0.342 e. The molecule has 0 spiro atoms. The molecule has 3 rings (SSSR count). The highest BCUT2D eigenvalue weighted by Gasteiger charge is 2.10. The molecule has 0 radical (unpaired) electrons. The van der Waals surface area contributed by atoms with Crippen LogP contribution in [-0.4, -0.2) is 16.5 Å². The second-order valence-corrected chi connectivity index (χ2v) is 5.22. The first-order chi connectivity index (χ1) is 9.78. The summed E-state index contributed by atoms with van der Waals surface area (Å²) in [4.78, 5) is 7.89. The number of benzene rings is 2. The zero-order chi connectivity index (χ0) is 13.9. The number of imidazole rings is 1. The number of H-pyrrole nitrogens is 1. The van der Waals surface area contributed by atoms with Gasteiger partial charge < -0.3 is 10.7 Å². The highest BCUT2D eigenvalue weighted by molar-refractivity contribution is 5.86. The van der Waals surface area contributed by atoms with E-state index in [9.17, 15) is 0 Å². The highest BCUT2D eigenvalue weighted by atomic mass is 14.9. The Hall–Kier alpha value is -2.13. The number of rotatable bonds is 4. The SMILES string of the molecule is CC(CCN)c1ncc(-c2ccc3ccccc3c2)[nH]1. The van der Waals surface area contributed by atoms with E-state index in [4.69, 9.17) is 5.73 Å². The molecule has 1 atom stereocenters. The van der Waals surface area contributed by atoms with E-state index in [1.165, 1.54) is 16.3 Å². The van der Waals surface area contributed by atoms with E-state index < -0.39 is 0 Å². The fourth-order valence-electron chi connectivity index (χ4n) is 2.48. The first-order valence-electron chi connectivity index (χ1n) is 7.02. The summed E-state index contributed by atoms with van der Waals surface area (Å²) in [6, 6.07) is 14.9. The van der Waals surface area contributed by atoms with Crippen LogP contribution >= 0.6 is 0 Å². The quantitative estimate of drug-likeness (QED) is 0.756. The number of fused-ring (bicyclic) bond motifs is 1. The fourth-order valence-corrected chi connectivity index (χ4v) is 2.48. The molecule has 2 aromatic carbocycles. The summed E-state index contributed by atoms with van der Waals surface area (Å²) in [5, 5.41) is 2.50. The predicted octanol–water partition coefficient (Wildman–Crippen LogP) is 3.68. The molecule has 3 N–H and O–H groups in total. The molecule has 3 heteroatoms. The zero-order valence-electron chi connectivity index (χ0n) is 11.6. The third kappa shape index (κ3) is 2.45. The van der Waals surface area contributed by atoms with Crippen LogP contribution in [0.15, 0.2) is 48.7 Å². The molecule has 1 heterocycles. The van der Waals surface area contributed by atoms with Gasteiger partial charge in [-0.25, -0.2) is 4.98 Å². The van der Waals surface area contributed by atoms with Gasteiger partial charge in [0, 0.05) is 11.5 Å². The number of hydrogen-bond acceptors (Lipinski definition) is 2. The number of aromatic amines is 1. The number of aromatic nitrogens is 2. The Morgan fingerprint density at radius 3 is 2.75 bits per heavy atom. The van der Waals surface area contributed by atoms with Gasteiger partial charge in [-0.1, -0.05) is 43.3 Å². The second kappa shape index (κ2) is 5.47. The Labute approximate surface area is 118 Å². The van der Waals surface area contributed by atoms with E-state index >= 15 is 0 Å². The van der Waals surface area contributed by atoms with Crippen molar-refractivity contribution in [3.05, 3.63) is 54.5 Å². The molecule has 0 fully saturated rings. The van der Waals surface area contributed by atoms with Gasteiger partial charge in [-0.3, -0.25) is 0 Å². The monoisotopic (exact) mass is 265 g/mol. The molecule has 102 valence electrons. The third-order valence-electron chi connectivity index (χ3n) is 3.72. The fraction of sp³-hybridized carbons (Fsp3) is 0.235. The van der Waals surface area contributed by atoms with Gasteiger partial charge >= 0.3 is 0 Å². The van der Waals surface area contributed by atoms with Gasteiger partial charge in [0.1, 0.15) is 5.82 Å². The molecule has 0 saturated carbocycles. The minimum atomic E-state index is 0.370. The van der Waals surface area contributed by atoms with Gasteiger partial charge in [0.05, 0.1) is 11.9 Å². The molecule has 0 aliphatic heterocycles. The van der Waals surface area contributed by atoms with Crippen LogP contribution in [0.3, 0.4) is 0 Å². The Balaban J connectivity index is 1.94. The van der Waals surface area contributed by atoms with Gasteiger partial charge in [0.2, 0.25) is 0 Å². The Morgan fingerprint density at radius 2 is 1.95 bits per heavy atom. The number of nitrogens with two attached hydrogens (primary N) is 1. The maximum Gasteiger partial charge on any atom is 0.109 e. The van der Waals surface area contributed by atoms with Crippen molar-refractivity contribution < 1.29 is 0 Å². The van der Waals surface area contributed by atoms with E-state index in [0.29, 0.717) is 12.5 Å². The van der Waals surface area contributed by atoms with Crippen LogP contribution in [-0.2, 0) is 0 Å². The molecule has 0 bridgehead atoms. The lowest BCUT2D eigenvalue weighted by Crippen LogP contribution is -2.05. The Kier molecular flexibility index (Phi) is 3.52. The normalized spacial score (nSPS) is 12.7. The van der Waals surface area contributed by atoms with Gasteiger partial charge in [-0.05, 0) is 29.8 Å². The maximum absolute atomic E-state index is 5.61. The summed E-state index contributed by atoms with van der Waals surface area (Å²) in [5.74, 6) is 1.38. The number of hydrogen-bond donors (Lipinski definition) is 2. The van der Waals surface area contributed by atoms with E-state index in [1.54, 1.807) is 0 Å². The van der Waals surface area contributed by atoms with Crippen molar-refractivity contribution in [1.82, 2.24) is 9.97 Å². The van der Waals surface area contributed by atoms with Crippen molar-refractivity contribution in [2.75, 3.05) is 6.54 Å². The van der Waals surface area contributed by atoms with Crippen LogP contribution in [0.25, 0.3) is 22.0 Å². The lowest BCUT2D eigenvalue weighted by molar-refractivity contribution is 0.655. The molecule has 3 aromatic rings. The minimum absolute atomic E-state index is 0.370. The lowest BCUT2D eigenvalue weighted by Gasteiger charge is -2.06. The van der Waals surface area contributed by atoms with Gasteiger partial charge in [0.25, 0.3) is 0 Å². The van der Waals surface area contributed by atoms with Crippen molar-refractivity contribution in [3.8, 4) is 11.3 Å². The Morgan fingerprint density at radius 1 is 1.15 bits per heavy atom. The molecule has 20 heavy (non-hydrogen) atoms. The molecule has 0 amide bonds. The average molecular weight is 265 g/mol. The summed E-state index contributed by atoms with van der Waals surface area (Å²) in [6.45, 7) is 2.84. The molecule has 1 aromatic heterocycles. The smallest absolute Gasteiger partial charge is 0.109 e. The lowest BCUT2D eigenvalue weighted by atomic mass is 10.1. The van der Waals surface area contributed by atoms with Crippen molar-refractivity contribution in [2.45, 2.75) is 19.3 Å². The first kappa shape index (κ1) is 12.9. The zero-order valence-corrected chi connectivity index (χ0v) is 11.6. The molecule has 0 saturated heterocycles. The molecule has 1 unspecified atom stereocenters. The maximum atomic E-state index is 5.61. The van der Waals surface area contributed by atoms with Crippen molar-refractivity contribution in [3.63, 3.8) is 0 Å². The summed E-state index contributed by atoms with van der Waals surface area (Å²) >= 11 is 0. The van der Waals surface area contributed by atoms with Crippen LogP contribution < -0.4 is 5.73 Å². The van der Waals surface area contributed by atoms with Gasteiger partial charge in [-0.2, -0.15) is 0 Å². The summed E-state index contributed by atoms with van der Waals surface area (Å²) in [5.41, 5.74) is 7.84. The Bertz CT molecular complexity index is 715.